The highest BCUT2D eigenvalue weighted by Gasteiger charge is 2.13. The maximum absolute atomic E-state index is 12.3. The molecule has 0 unspecified atom stereocenters. The summed E-state index contributed by atoms with van der Waals surface area (Å²) in [4.78, 5) is 19.5. The van der Waals surface area contributed by atoms with Crippen LogP contribution >= 0.6 is 11.6 Å². The number of para-hydroxylation sites is 1. The number of benzene rings is 2. The van der Waals surface area contributed by atoms with E-state index in [1.807, 2.05) is 18.2 Å². The van der Waals surface area contributed by atoms with Crippen molar-refractivity contribution < 1.29 is 9.53 Å². The Kier molecular flexibility index (Phi) is 6.15. The average Bonchev–Trinajstić information content (AvgIpc) is 3.03. The van der Waals surface area contributed by atoms with Crippen molar-refractivity contribution in [2.75, 3.05) is 29.9 Å². The minimum atomic E-state index is -0.229. The molecular formula is C23H24ClN3O2. The van der Waals surface area contributed by atoms with E-state index in [1.54, 1.807) is 24.3 Å². The number of carbonyl (C=O) groups is 1. The minimum Gasteiger partial charge on any atom is -0.481 e. The van der Waals surface area contributed by atoms with E-state index in [9.17, 15) is 4.79 Å². The van der Waals surface area contributed by atoms with Crippen LogP contribution in [0.5, 0.6) is 5.75 Å². The third-order valence-electron chi connectivity index (χ3n) is 5.09. The van der Waals surface area contributed by atoms with Gasteiger partial charge in [0.2, 0.25) is 0 Å². The van der Waals surface area contributed by atoms with Crippen LogP contribution in [0.1, 0.15) is 25.7 Å². The number of fused-ring (bicyclic) bond motifs is 1. The molecule has 1 amide bonds. The van der Waals surface area contributed by atoms with Crippen LogP contribution in [0.15, 0.2) is 54.6 Å². The third kappa shape index (κ3) is 4.98. The molecule has 1 fully saturated rings. The molecular weight excluding hydrogens is 386 g/mol. The van der Waals surface area contributed by atoms with Gasteiger partial charge in [0.05, 0.1) is 0 Å². The summed E-state index contributed by atoms with van der Waals surface area (Å²) in [7, 11) is 0. The Hall–Kier alpha value is -2.79. The molecule has 0 saturated carbocycles. The molecule has 1 N–H and O–H groups in total. The van der Waals surface area contributed by atoms with Gasteiger partial charge < -0.3 is 15.0 Å². The van der Waals surface area contributed by atoms with Crippen LogP contribution in [-0.2, 0) is 4.79 Å². The first-order valence-electron chi connectivity index (χ1n) is 10.0. The summed E-state index contributed by atoms with van der Waals surface area (Å²) in [5.74, 6) is 1.36. The highest BCUT2D eigenvalue weighted by atomic mass is 35.5. The van der Waals surface area contributed by atoms with Crippen molar-refractivity contribution in [3.8, 4) is 5.75 Å². The monoisotopic (exact) mass is 409 g/mol. The zero-order chi connectivity index (χ0) is 20.1. The Morgan fingerprint density at radius 3 is 2.52 bits per heavy atom. The fraction of sp³-hybridized carbons (Fsp3) is 0.304. The Morgan fingerprint density at radius 1 is 1.00 bits per heavy atom. The third-order valence-corrected chi connectivity index (χ3v) is 5.34. The Bertz CT molecular complexity index is 983. The zero-order valence-electron chi connectivity index (χ0n) is 16.2. The van der Waals surface area contributed by atoms with Gasteiger partial charge in [0, 0.05) is 29.2 Å². The number of hydrogen-bond donors (Lipinski definition) is 1. The van der Waals surface area contributed by atoms with E-state index in [2.05, 4.69) is 22.3 Å². The molecule has 4 rings (SSSR count). The standard InChI is InChI=1S/C23H24ClN3O2/c24-18-9-11-19(12-10-18)25-22(28)16-29-20-7-5-6-17-8-13-21(26-23(17)20)27-14-3-1-2-4-15-27/h5-13H,1-4,14-16H2,(H,25,28). The van der Waals surface area contributed by atoms with Crippen molar-refractivity contribution >= 4 is 39.9 Å². The maximum atomic E-state index is 12.3. The summed E-state index contributed by atoms with van der Waals surface area (Å²) in [6.07, 6.45) is 4.95. The summed E-state index contributed by atoms with van der Waals surface area (Å²) in [6.45, 7) is 1.98. The second-order valence-corrected chi connectivity index (χ2v) is 7.68. The molecule has 29 heavy (non-hydrogen) atoms. The van der Waals surface area contributed by atoms with E-state index in [-0.39, 0.29) is 12.5 Å². The summed E-state index contributed by atoms with van der Waals surface area (Å²) in [6, 6.07) is 16.9. The smallest absolute Gasteiger partial charge is 0.262 e. The van der Waals surface area contributed by atoms with Crippen molar-refractivity contribution in [2.45, 2.75) is 25.7 Å². The number of rotatable bonds is 5. The molecule has 0 radical (unpaired) electrons. The predicted molar refractivity (Wildman–Crippen MR) is 118 cm³/mol. The first-order chi connectivity index (χ1) is 14.2. The second kappa shape index (κ2) is 9.14. The summed E-state index contributed by atoms with van der Waals surface area (Å²) < 4.78 is 5.82. The van der Waals surface area contributed by atoms with Crippen molar-refractivity contribution in [2.24, 2.45) is 0 Å². The van der Waals surface area contributed by atoms with Crippen LogP contribution < -0.4 is 15.0 Å². The fourth-order valence-electron chi connectivity index (χ4n) is 3.58. The van der Waals surface area contributed by atoms with E-state index in [0.717, 1.165) is 29.8 Å². The number of halogens is 1. The van der Waals surface area contributed by atoms with Crippen molar-refractivity contribution in [3.63, 3.8) is 0 Å². The lowest BCUT2D eigenvalue weighted by molar-refractivity contribution is -0.118. The molecule has 0 bridgehead atoms. The highest BCUT2D eigenvalue weighted by molar-refractivity contribution is 6.30. The quantitative estimate of drug-likeness (QED) is 0.622. The normalized spacial score (nSPS) is 14.4. The van der Waals surface area contributed by atoms with Crippen LogP contribution in [0.4, 0.5) is 11.5 Å². The average molecular weight is 410 g/mol. The topological polar surface area (TPSA) is 54.5 Å². The lowest BCUT2D eigenvalue weighted by Crippen LogP contribution is -2.24. The lowest BCUT2D eigenvalue weighted by atomic mass is 10.2. The summed E-state index contributed by atoms with van der Waals surface area (Å²) >= 11 is 5.87. The molecule has 5 nitrogen and oxygen atoms in total. The molecule has 1 saturated heterocycles. The Labute approximate surface area is 175 Å². The molecule has 1 aliphatic heterocycles. The van der Waals surface area contributed by atoms with E-state index in [1.165, 1.54) is 25.7 Å². The van der Waals surface area contributed by atoms with Crippen LogP contribution in [0.25, 0.3) is 10.9 Å². The van der Waals surface area contributed by atoms with Gasteiger partial charge in [-0.05, 0) is 55.3 Å². The van der Waals surface area contributed by atoms with E-state index in [4.69, 9.17) is 21.3 Å². The highest BCUT2D eigenvalue weighted by Crippen LogP contribution is 2.27. The van der Waals surface area contributed by atoms with Gasteiger partial charge in [-0.15, -0.1) is 0 Å². The number of nitrogens with zero attached hydrogens (tertiary/aromatic N) is 2. The van der Waals surface area contributed by atoms with Crippen LogP contribution in [0.2, 0.25) is 5.02 Å². The zero-order valence-corrected chi connectivity index (χ0v) is 17.0. The number of ether oxygens (including phenoxy) is 1. The number of carbonyl (C=O) groups excluding carboxylic acids is 1. The van der Waals surface area contributed by atoms with Crippen LogP contribution in [-0.4, -0.2) is 30.6 Å². The fourth-order valence-corrected chi connectivity index (χ4v) is 3.70. The molecule has 2 heterocycles. The minimum absolute atomic E-state index is 0.0860. The van der Waals surface area contributed by atoms with Gasteiger partial charge in [0.1, 0.15) is 17.1 Å². The second-order valence-electron chi connectivity index (χ2n) is 7.24. The molecule has 1 aliphatic rings. The van der Waals surface area contributed by atoms with Gasteiger partial charge in [-0.2, -0.15) is 0 Å². The number of amides is 1. The van der Waals surface area contributed by atoms with Gasteiger partial charge in [0.25, 0.3) is 5.91 Å². The number of hydrogen-bond acceptors (Lipinski definition) is 4. The number of anilines is 2. The summed E-state index contributed by atoms with van der Waals surface area (Å²) in [5.41, 5.74) is 1.47. The van der Waals surface area contributed by atoms with Crippen molar-refractivity contribution in [1.29, 1.82) is 0 Å². The molecule has 2 aromatic carbocycles. The van der Waals surface area contributed by atoms with Gasteiger partial charge in [-0.3, -0.25) is 4.79 Å². The molecule has 0 aliphatic carbocycles. The summed E-state index contributed by atoms with van der Waals surface area (Å²) in [5, 5.41) is 4.43. The predicted octanol–water partition coefficient (Wildman–Crippen LogP) is 5.29. The Morgan fingerprint density at radius 2 is 1.76 bits per heavy atom. The molecule has 0 spiro atoms. The first kappa shape index (κ1) is 19.5. The van der Waals surface area contributed by atoms with Crippen molar-refractivity contribution in [1.82, 2.24) is 4.98 Å². The van der Waals surface area contributed by atoms with Crippen LogP contribution in [0.3, 0.4) is 0 Å². The maximum Gasteiger partial charge on any atom is 0.262 e. The van der Waals surface area contributed by atoms with Gasteiger partial charge in [0.15, 0.2) is 6.61 Å². The van der Waals surface area contributed by atoms with Crippen LogP contribution in [0, 0.1) is 0 Å². The molecule has 0 atom stereocenters. The van der Waals surface area contributed by atoms with Gasteiger partial charge in [-0.1, -0.05) is 36.6 Å². The largest absolute Gasteiger partial charge is 0.481 e. The molecule has 6 heteroatoms. The SMILES string of the molecule is O=C(COc1cccc2ccc(N3CCCCCC3)nc12)Nc1ccc(Cl)cc1. The molecule has 3 aromatic rings. The number of aromatic nitrogens is 1. The van der Waals surface area contributed by atoms with E-state index < -0.39 is 0 Å². The molecule has 150 valence electrons. The Balaban J connectivity index is 1.48. The number of pyridine rings is 1. The molecule has 1 aromatic heterocycles. The van der Waals surface area contributed by atoms with Gasteiger partial charge in [-0.25, -0.2) is 4.98 Å². The lowest BCUT2D eigenvalue weighted by Gasteiger charge is -2.22. The van der Waals surface area contributed by atoms with Gasteiger partial charge >= 0.3 is 0 Å². The van der Waals surface area contributed by atoms with Crippen molar-refractivity contribution in [3.05, 3.63) is 59.6 Å². The van der Waals surface area contributed by atoms with E-state index in [0.29, 0.717) is 16.5 Å². The first-order valence-corrected chi connectivity index (χ1v) is 10.4. The number of nitrogens with one attached hydrogen (secondary N) is 1. The van der Waals surface area contributed by atoms with E-state index >= 15 is 0 Å².